The molecule has 0 aromatic carbocycles. The average Bonchev–Trinajstić information content (AvgIpc) is 2.58. The number of hydrogen-bond acceptors (Lipinski definition) is 2. The van der Waals surface area contributed by atoms with Gasteiger partial charge in [-0.3, -0.25) is 9.48 Å². The molecule has 0 amide bonds. The predicted molar refractivity (Wildman–Crippen MR) is 44.8 cm³/mol. The first-order chi connectivity index (χ1) is 5.68. The van der Waals surface area contributed by atoms with Crippen LogP contribution in [0.5, 0.6) is 0 Å². The zero-order chi connectivity index (χ0) is 8.72. The van der Waals surface area contributed by atoms with Crippen LogP contribution in [-0.4, -0.2) is 15.6 Å². The van der Waals surface area contributed by atoms with E-state index in [0.717, 1.165) is 12.0 Å². The quantitative estimate of drug-likeness (QED) is 0.617. The number of rotatable bonds is 2. The lowest BCUT2D eigenvalue weighted by atomic mass is 10.1. The summed E-state index contributed by atoms with van der Waals surface area (Å²) in [5.74, 6) is 1.11. The normalized spacial score (nSPS) is 27.2. The van der Waals surface area contributed by atoms with Gasteiger partial charge in [-0.15, -0.1) is 0 Å². The van der Waals surface area contributed by atoms with Gasteiger partial charge in [-0.2, -0.15) is 5.10 Å². The smallest absolute Gasteiger partial charge is 0.169 e. The molecule has 0 spiro atoms. The molecule has 0 bridgehead atoms. The van der Waals surface area contributed by atoms with E-state index in [1.165, 1.54) is 0 Å². The van der Waals surface area contributed by atoms with E-state index in [4.69, 9.17) is 0 Å². The summed E-state index contributed by atoms with van der Waals surface area (Å²) in [4.78, 5) is 11.6. The Labute approximate surface area is 71.4 Å². The molecule has 0 saturated heterocycles. The lowest BCUT2D eigenvalue weighted by Crippen LogP contribution is -2.01. The number of aromatic nitrogens is 2. The highest BCUT2D eigenvalue weighted by atomic mass is 16.1. The van der Waals surface area contributed by atoms with E-state index >= 15 is 0 Å². The first-order valence-corrected chi connectivity index (χ1v) is 4.21. The van der Waals surface area contributed by atoms with Gasteiger partial charge in [0.15, 0.2) is 5.78 Å². The molecule has 1 aliphatic carbocycles. The first-order valence-electron chi connectivity index (χ1n) is 4.21. The maximum Gasteiger partial charge on any atom is 0.169 e. The first kappa shape index (κ1) is 7.53. The Bertz CT molecular complexity index is 316. The Hall–Kier alpha value is -1.12. The van der Waals surface area contributed by atoms with Gasteiger partial charge in [0.05, 0.1) is 11.8 Å². The monoisotopic (exact) mass is 164 g/mol. The van der Waals surface area contributed by atoms with Crippen LogP contribution in [0.3, 0.4) is 0 Å². The third kappa shape index (κ3) is 1.15. The summed E-state index contributed by atoms with van der Waals surface area (Å²) in [5.41, 5.74) is 0.756. The van der Waals surface area contributed by atoms with Crippen LogP contribution in [0, 0.1) is 11.8 Å². The molecule has 1 heterocycles. The highest BCUT2D eigenvalue weighted by Gasteiger charge is 2.39. The molecule has 3 nitrogen and oxygen atoms in total. The SMILES string of the molecule is CC1CC1C(=O)c1cnn(C)c1. The standard InChI is InChI=1S/C9H12N2O/c1-6-3-8(6)9(12)7-4-10-11(2)5-7/h4-6,8H,3H2,1-2H3. The molecule has 0 N–H and O–H groups in total. The van der Waals surface area contributed by atoms with Crippen molar-refractivity contribution in [2.75, 3.05) is 0 Å². The maximum absolute atomic E-state index is 11.6. The number of nitrogens with zero attached hydrogens (tertiary/aromatic N) is 2. The van der Waals surface area contributed by atoms with Crippen molar-refractivity contribution in [2.24, 2.45) is 18.9 Å². The molecule has 1 fully saturated rings. The van der Waals surface area contributed by atoms with Crippen molar-refractivity contribution in [1.82, 2.24) is 9.78 Å². The zero-order valence-electron chi connectivity index (χ0n) is 7.32. The predicted octanol–water partition coefficient (Wildman–Crippen LogP) is 1.26. The number of Topliss-reactive ketones (excluding diaryl/α,β-unsaturated/α-hetero) is 1. The molecule has 1 aromatic rings. The van der Waals surface area contributed by atoms with E-state index in [9.17, 15) is 4.79 Å². The summed E-state index contributed by atoms with van der Waals surface area (Å²) >= 11 is 0. The Balaban J connectivity index is 2.15. The van der Waals surface area contributed by atoms with Gasteiger partial charge in [0.25, 0.3) is 0 Å². The summed E-state index contributed by atoms with van der Waals surface area (Å²) in [6, 6.07) is 0. The lowest BCUT2D eigenvalue weighted by molar-refractivity contribution is 0.0962. The van der Waals surface area contributed by atoms with Crippen LogP contribution in [-0.2, 0) is 7.05 Å². The molecule has 3 heteroatoms. The third-order valence-electron chi connectivity index (χ3n) is 2.44. The van der Waals surface area contributed by atoms with Crippen molar-refractivity contribution in [3.63, 3.8) is 0 Å². The molecular weight excluding hydrogens is 152 g/mol. The molecule has 64 valence electrons. The highest BCUT2D eigenvalue weighted by Crippen LogP contribution is 2.40. The third-order valence-corrected chi connectivity index (χ3v) is 2.44. The van der Waals surface area contributed by atoms with Crippen LogP contribution in [0.1, 0.15) is 23.7 Å². The van der Waals surface area contributed by atoms with E-state index in [-0.39, 0.29) is 11.7 Å². The second-order valence-corrected chi connectivity index (χ2v) is 3.59. The van der Waals surface area contributed by atoms with Crippen LogP contribution in [0.4, 0.5) is 0 Å². The summed E-state index contributed by atoms with van der Waals surface area (Å²) in [6.45, 7) is 2.11. The Morgan fingerprint density at radius 3 is 2.83 bits per heavy atom. The molecule has 1 aromatic heterocycles. The molecule has 2 atom stereocenters. The van der Waals surface area contributed by atoms with Crippen LogP contribution < -0.4 is 0 Å². The van der Waals surface area contributed by atoms with Crippen LogP contribution in [0.25, 0.3) is 0 Å². The van der Waals surface area contributed by atoms with Gasteiger partial charge in [0, 0.05) is 19.2 Å². The number of ketones is 1. The minimum Gasteiger partial charge on any atom is -0.294 e. The maximum atomic E-state index is 11.6. The molecule has 0 radical (unpaired) electrons. The number of hydrogen-bond donors (Lipinski definition) is 0. The summed E-state index contributed by atoms with van der Waals surface area (Å²) in [6.07, 6.45) is 4.48. The Morgan fingerprint density at radius 1 is 1.75 bits per heavy atom. The van der Waals surface area contributed by atoms with Crippen LogP contribution in [0.15, 0.2) is 12.4 Å². The van der Waals surface area contributed by atoms with Crippen molar-refractivity contribution in [3.8, 4) is 0 Å². The summed E-state index contributed by atoms with van der Waals surface area (Å²) < 4.78 is 1.67. The Kier molecular flexibility index (Phi) is 1.53. The van der Waals surface area contributed by atoms with E-state index in [1.54, 1.807) is 17.1 Å². The van der Waals surface area contributed by atoms with Gasteiger partial charge >= 0.3 is 0 Å². The number of carbonyl (C=O) groups excluding carboxylic acids is 1. The highest BCUT2D eigenvalue weighted by molar-refractivity contribution is 5.99. The molecule has 1 aliphatic rings. The van der Waals surface area contributed by atoms with Gasteiger partial charge in [0.2, 0.25) is 0 Å². The minimum absolute atomic E-state index is 0.260. The Morgan fingerprint density at radius 2 is 2.42 bits per heavy atom. The fourth-order valence-electron chi connectivity index (χ4n) is 1.45. The molecule has 1 saturated carbocycles. The second-order valence-electron chi connectivity index (χ2n) is 3.59. The van der Waals surface area contributed by atoms with E-state index in [0.29, 0.717) is 5.92 Å². The van der Waals surface area contributed by atoms with Crippen molar-refractivity contribution in [2.45, 2.75) is 13.3 Å². The molecule has 2 rings (SSSR count). The summed E-state index contributed by atoms with van der Waals surface area (Å²) in [5, 5.41) is 3.97. The van der Waals surface area contributed by atoms with Gasteiger partial charge in [-0.05, 0) is 12.3 Å². The molecular formula is C9H12N2O. The largest absolute Gasteiger partial charge is 0.294 e. The van der Waals surface area contributed by atoms with Gasteiger partial charge in [-0.25, -0.2) is 0 Å². The lowest BCUT2D eigenvalue weighted by Gasteiger charge is -1.91. The molecule has 0 aliphatic heterocycles. The second kappa shape index (κ2) is 2.44. The zero-order valence-corrected chi connectivity index (χ0v) is 7.32. The van der Waals surface area contributed by atoms with E-state index in [1.807, 2.05) is 7.05 Å². The van der Waals surface area contributed by atoms with Crippen molar-refractivity contribution in [1.29, 1.82) is 0 Å². The van der Waals surface area contributed by atoms with Crippen LogP contribution >= 0.6 is 0 Å². The van der Waals surface area contributed by atoms with E-state index in [2.05, 4.69) is 12.0 Å². The fraction of sp³-hybridized carbons (Fsp3) is 0.556. The van der Waals surface area contributed by atoms with Gasteiger partial charge < -0.3 is 0 Å². The van der Waals surface area contributed by atoms with Gasteiger partial charge in [-0.1, -0.05) is 6.92 Å². The topological polar surface area (TPSA) is 34.9 Å². The summed E-state index contributed by atoms with van der Waals surface area (Å²) in [7, 11) is 1.83. The number of aryl methyl sites for hydroxylation is 1. The fourth-order valence-corrected chi connectivity index (χ4v) is 1.45. The average molecular weight is 164 g/mol. The van der Waals surface area contributed by atoms with Crippen LogP contribution in [0.2, 0.25) is 0 Å². The van der Waals surface area contributed by atoms with E-state index < -0.39 is 0 Å². The molecule has 2 unspecified atom stereocenters. The van der Waals surface area contributed by atoms with Crippen molar-refractivity contribution < 1.29 is 4.79 Å². The van der Waals surface area contributed by atoms with Crippen molar-refractivity contribution >= 4 is 5.78 Å². The molecule has 12 heavy (non-hydrogen) atoms. The minimum atomic E-state index is 0.260. The number of carbonyl (C=O) groups is 1. The van der Waals surface area contributed by atoms with Gasteiger partial charge in [0.1, 0.15) is 0 Å². The van der Waals surface area contributed by atoms with Crippen molar-refractivity contribution in [3.05, 3.63) is 18.0 Å².